The maximum absolute atomic E-state index is 11.6. The van der Waals surface area contributed by atoms with Crippen LogP contribution < -0.4 is 0 Å². The smallest absolute Gasteiger partial charge is 0.336 e. The normalized spacial score (nSPS) is 15.6. The summed E-state index contributed by atoms with van der Waals surface area (Å²) < 4.78 is 11.4. The number of unbranched alkanes of at least 4 members (excludes halogenated alkanes) is 1. The molecule has 1 atom stereocenters. The zero-order valence-electron chi connectivity index (χ0n) is 11.1. The lowest BCUT2D eigenvalue weighted by atomic mass is 9.73. The summed E-state index contributed by atoms with van der Waals surface area (Å²) in [6.45, 7) is 5.68. The van der Waals surface area contributed by atoms with Gasteiger partial charge in [-0.3, -0.25) is 0 Å². The Balaban J connectivity index is 4.90. The van der Waals surface area contributed by atoms with E-state index >= 15 is 0 Å². The number of ether oxygens (including phenoxy) is 2. The van der Waals surface area contributed by atoms with E-state index < -0.39 is 17.0 Å². The summed E-state index contributed by atoms with van der Waals surface area (Å²) in [4.78, 5) is 11.6. The lowest BCUT2D eigenvalue weighted by molar-refractivity contribution is -0.206. The minimum absolute atomic E-state index is 0.00774. The maximum atomic E-state index is 11.6. The Bertz CT molecular complexity index is 237. The molecule has 1 N–H and O–H groups in total. The van der Waals surface area contributed by atoms with Crippen molar-refractivity contribution in [1.29, 1.82) is 0 Å². The topological polar surface area (TPSA) is 55.8 Å². The molecule has 0 fully saturated rings. The largest absolute Gasteiger partial charge is 0.479 e. The molecule has 0 aromatic rings. The number of hydrogen-bond donors (Lipinski definition) is 1. The fourth-order valence-electron chi connectivity index (χ4n) is 1.78. The Morgan fingerprint density at radius 2 is 1.88 bits per heavy atom. The third-order valence-electron chi connectivity index (χ3n) is 2.89. The molecule has 102 valence electrons. The summed E-state index contributed by atoms with van der Waals surface area (Å²) in [6.07, 6.45) is 2.36. The van der Waals surface area contributed by atoms with Gasteiger partial charge < -0.3 is 14.6 Å². The Labute approximate surface area is 117 Å². The molecular weight excluding hydrogens is 335 g/mol. The highest BCUT2D eigenvalue weighted by atomic mass is 127. The van der Waals surface area contributed by atoms with Gasteiger partial charge in [0.2, 0.25) is 0 Å². The van der Waals surface area contributed by atoms with E-state index in [-0.39, 0.29) is 6.79 Å². The Morgan fingerprint density at radius 1 is 1.29 bits per heavy atom. The van der Waals surface area contributed by atoms with Crippen molar-refractivity contribution >= 4 is 28.6 Å². The highest BCUT2D eigenvalue weighted by Crippen LogP contribution is 2.38. The van der Waals surface area contributed by atoms with Gasteiger partial charge >= 0.3 is 5.97 Å². The van der Waals surface area contributed by atoms with Gasteiger partial charge in [0, 0.05) is 12.5 Å². The van der Waals surface area contributed by atoms with Crippen LogP contribution in [0.2, 0.25) is 0 Å². The predicted octanol–water partition coefficient (Wildman–Crippen LogP) is 3.08. The number of rotatable bonds is 8. The molecule has 0 heterocycles. The van der Waals surface area contributed by atoms with Crippen LogP contribution in [0.5, 0.6) is 0 Å². The van der Waals surface area contributed by atoms with Crippen molar-refractivity contribution in [2.75, 3.05) is 18.3 Å². The van der Waals surface area contributed by atoms with Gasteiger partial charge in [-0.25, -0.2) is 4.79 Å². The van der Waals surface area contributed by atoms with E-state index in [2.05, 4.69) is 22.6 Å². The first-order chi connectivity index (χ1) is 7.81. The van der Waals surface area contributed by atoms with Crippen LogP contribution in [0.15, 0.2) is 0 Å². The van der Waals surface area contributed by atoms with Crippen LogP contribution in [0.25, 0.3) is 0 Å². The maximum Gasteiger partial charge on any atom is 0.336 e. The van der Waals surface area contributed by atoms with Crippen molar-refractivity contribution in [2.45, 2.75) is 45.6 Å². The van der Waals surface area contributed by atoms with E-state index in [4.69, 9.17) is 9.47 Å². The molecule has 0 bridgehead atoms. The summed E-state index contributed by atoms with van der Waals surface area (Å²) >= 11 is 2.29. The molecule has 0 aromatic heterocycles. The van der Waals surface area contributed by atoms with Gasteiger partial charge in [0.1, 0.15) is 6.79 Å². The molecule has 0 saturated heterocycles. The lowest BCUT2D eigenvalue weighted by Crippen LogP contribution is -2.52. The van der Waals surface area contributed by atoms with Gasteiger partial charge in [-0.15, -0.1) is 0 Å². The summed E-state index contributed by atoms with van der Waals surface area (Å²) in [7, 11) is 1.50. The molecule has 5 heteroatoms. The first-order valence-corrected chi connectivity index (χ1v) is 7.26. The van der Waals surface area contributed by atoms with Crippen LogP contribution in [-0.4, -0.2) is 35.0 Å². The molecule has 17 heavy (non-hydrogen) atoms. The zero-order valence-corrected chi connectivity index (χ0v) is 13.2. The van der Waals surface area contributed by atoms with Crippen molar-refractivity contribution in [3.63, 3.8) is 0 Å². The van der Waals surface area contributed by atoms with Crippen LogP contribution >= 0.6 is 22.6 Å². The highest BCUT2D eigenvalue weighted by Gasteiger charge is 2.49. The molecule has 0 aliphatic rings. The zero-order chi connectivity index (χ0) is 13.5. The second-order valence-corrected chi connectivity index (χ2v) is 6.16. The molecule has 0 aliphatic carbocycles. The van der Waals surface area contributed by atoms with E-state index in [0.717, 1.165) is 17.3 Å². The van der Waals surface area contributed by atoms with Crippen molar-refractivity contribution in [2.24, 2.45) is 5.41 Å². The molecule has 1 unspecified atom stereocenters. The molecule has 0 spiro atoms. The second kappa shape index (κ2) is 7.53. The number of carboxylic acid groups (broad SMARTS) is 1. The number of alkyl halides is 1. The lowest BCUT2D eigenvalue weighted by Gasteiger charge is -2.40. The van der Waals surface area contributed by atoms with Crippen molar-refractivity contribution in [3.8, 4) is 0 Å². The number of carboxylic acids is 1. The second-order valence-electron chi connectivity index (χ2n) is 5.08. The average Bonchev–Trinajstić information content (AvgIpc) is 2.21. The molecule has 0 aliphatic heterocycles. The van der Waals surface area contributed by atoms with Gasteiger partial charge in [-0.05, 0) is 23.7 Å². The minimum Gasteiger partial charge on any atom is -0.479 e. The fraction of sp³-hybridized carbons (Fsp3) is 0.917. The summed E-state index contributed by atoms with van der Waals surface area (Å²) in [5, 5.41) is 9.50. The molecule has 0 amide bonds. The van der Waals surface area contributed by atoms with Crippen LogP contribution in [0, 0.1) is 5.41 Å². The van der Waals surface area contributed by atoms with Crippen LogP contribution in [0.4, 0.5) is 0 Å². The Hall–Kier alpha value is 0.120. The quantitative estimate of drug-likeness (QED) is 0.314. The van der Waals surface area contributed by atoms with E-state index in [1.165, 1.54) is 7.11 Å². The molecule has 0 radical (unpaired) electrons. The van der Waals surface area contributed by atoms with E-state index in [9.17, 15) is 9.90 Å². The fourth-order valence-corrected chi connectivity index (χ4v) is 2.32. The predicted molar refractivity (Wildman–Crippen MR) is 75.5 cm³/mol. The number of aliphatic carboxylic acids is 1. The Morgan fingerprint density at radius 3 is 2.24 bits per heavy atom. The van der Waals surface area contributed by atoms with Gasteiger partial charge in [0.25, 0.3) is 0 Å². The van der Waals surface area contributed by atoms with Crippen molar-refractivity contribution in [1.82, 2.24) is 0 Å². The summed E-state index contributed by atoms with van der Waals surface area (Å²) in [5.41, 5.74) is -1.64. The molecule has 0 rings (SSSR count). The highest BCUT2D eigenvalue weighted by molar-refractivity contribution is 14.1. The monoisotopic (exact) mass is 358 g/mol. The van der Waals surface area contributed by atoms with Gasteiger partial charge in [0.05, 0.1) is 0 Å². The summed E-state index contributed by atoms with van der Waals surface area (Å²) in [5.74, 6) is -0.907. The first kappa shape index (κ1) is 17.1. The number of methoxy groups -OCH3 is 1. The van der Waals surface area contributed by atoms with Crippen molar-refractivity contribution < 1.29 is 19.4 Å². The minimum atomic E-state index is -1.17. The van der Waals surface area contributed by atoms with E-state index in [0.29, 0.717) is 6.42 Å². The molecule has 0 saturated carbocycles. The third-order valence-corrected chi connectivity index (χ3v) is 3.66. The number of halogens is 1. The van der Waals surface area contributed by atoms with E-state index in [1.807, 2.05) is 20.8 Å². The standard InChI is InChI=1S/C12H23IO4/c1-11(2,3)12(10(14)15,17-9-16-4)7-5-6-8-13/h5-9H2,1-4H3,(H,14,15). The van der Waals surface area contributed by atoms with Crippen molar-refractivity contribution in [3.05, 3.63) is 0 Å². The Kier molecular flexibility index (Phi) is 7.58. The molecule has 4 nitrogen and oxygen atoms in total. The summed E-state index contributed by atoms with van der Waals surface area (Å²) in [6, 6.07) is 0. The first-order valence-electron chi connectivity index (χ1n) is 5.74. The number of hydrogen-bond acceptors (Lipinski definition) is 3. The number of carbonyl (C=O) groups is 1. The van der Waals surface area contributed by atoms with Crippen LogP contribution in [0.1, 0.15) is 40.0 Å². The van der Waals surface area contributed by atoms with Crippen LogP contribution in [-0.2, 0) is 14.3 Å². The van der Waals surface area contributed by atoms with Gasteiger partial charge in [0.15, 0.2) is 5.60 Å². The van der Waals surface area contributed by atoms with E-state index in [1.54, 1.807) is 0 Å². The van der Waals surface area contributed by atoms with Crippen LogP contribution in [0.3, 0.4) is 0 Å². The van der Waals surface area contributed by atoms with Gasteiger partial charge in [-0.2, -0.15) is 0 Å². The SMILES string of the molecule is COCOC(CCCCI)(C(=O)O)C(C)(C)C. The third kappa shape index (κ3) is 4.71. The average molecular weight is 358 g/mol. The van der Waals surface area contributed by atoms with Gasteiger partial charge in [-0.1, -0.05) is 43.4 Å². The molecular formula is C12H23IO4. The molecule has 0 aromatic carbocycles.